The van der Waals surface area contributed by atoms with Crippen molar-refractivity contribution in [2.45, 2.75) is 26.3 Å². The summed E-state index contributed by atoms with van der Waals surface area (Å²) in [6.07, 6.45) is 0.783. The fourth-order valence-corrected chi connectivity index (χ4v) is 2.69. The van der Waals surface area contributed by atoms with Crippen molar-refractivity contribution in [2.75, 3.05) is 13.1 Å². The molecule has 0 aromatic heterocycles. The van der Waals surface area contributed by atoms with Gasteiger partial charge >= 0.3 is 0 Å². The first kappa shape index (κ1) is 17.7. The van der Waals surface area contributed by atoms with Crippen LogP contribution in [0.2, 0.25) is 0 Å². The molecule has 1 amide bonds. The molecule has 112 valence electrons. The molecule has 1 atom stereocenters. The highest BCUT2D eigenvalue weighted by atomic mass is 127. The minimum Gasteiger partial charge on any atom is -0.338 e. The summed E-state index contributed by atoms with van der Waals surface area (Å²) in [6, 6.07) is 4.72. The summed E-state index contributed by atoms with van der Waals surface area (Å²) in [6.45, 7) is 5.37. The van der Waals surface area contributed by atoms with Crippen LogP contribution in [0.15, 0.2) is 18.2 Å². The largest absolute Gasteiger partial charge is 0.338 e. The van der Waals surface area contributed by atoms with Gasteiger partial charge < -0.3 is 10.6 Å². The predicted octanol–water partition coefficient (Wildman–Crippen LogP) is 3.05. The van der Waals surface area contributed by atoms with E-state index in [2.05, 4.69) is 13.8 Å². The Kier molecular flexibility index (Phi) is 5.80. The molecule has 1 aliphatic rings. The van der Waals surface area contributed by atoms with Crippen molar-refractivity contribution in [3.8, 4) is 0 Å². The number of benzene rings is 1. The monoisotopic (exact) mass is 412 g/mol. The van der Waals surface area contributed by atoms with Gasteiger partial charge in [-0.2, -0.15) is 0 Å². The van der Waals surface area contributed by atoms with Crippen LogP contribution in [-0.4, -0.2) is 29.9 Å². The number of amides is 1. The number of likely N-dealkylation sites (tertiary alicyclic amines) is 1. The normalized spacial score (nSPS) is 21.2. The van der Waals surface area contributed by atoms with Gasteiger partial charge in [0.1, 0.15) is 5.82 Å². The van der Waals surface area contributed by atoms with Gasteiger partial charge in [0.2, 0.25) is 0 Å². The van der Waals surface area contributed by atoms with Gasteiger partial charge in [-0.15, -0.1) is 12.4 Å². The first-order valence-corrected chi connectivity index (χ1v) is 7.39. The second-order valence-corrected chi connectivity index (χ2v) is 6.90. The lowest BCUT2D eigenvalue weighted by Crippen LogP contribution is -2.54. The van der Waals surface area contributed by atoms with E-state index >= 15 is 0 Å². The third-order valence-corrected chi connectivity index (χ3v) is 4.64. The van der Waals surface area contributed by atoms with Crippen molar-refractivity contribution >= 4 is 40.9 Å². The molecule has 0 radical (unpaired) electrons. The van der Waals surface area contributed by atoms with E-state index in [-0.39, 0.29) is 35.6 Å². The lowest BCUT2D eigenvalue weighted by molar-refractivity contribution is 0.0532. The van der Waals surface area contributed by atoms with E-state index in [1.165, 1.54) is 6.07 Å². The lowest BCUT2D eigenvalue weighted by Gasteiger charge is -2.42. The highest BCUT2D eigenvalue weighted by Crippen LogP contribution is 2.28. The Labute approximate surface area is 138 Å². The Morgan fingerprint density at radius 2 is 2.15 bits per heavy atom. The first-order chi connectivity index (χ1) is 8.81. The average molecular weight is 413 g/mol. The van der Waals surface area contributed by atoms with Gasteiger partial charge in [-0.1, -0.05) is 13.8 Å². The molecule has 1 aromatic carbocycles. The number of hydrogen-bond donors (Lipinski definition) is 1. The van der Waals surface area contributed by atoms with Crippen molar-refractivity contribution in [1.29, 1.82) is 0 Å². The second-order valence-electron chi connectivity index (χ2n) is 5.74. The van der Waals surface area contributed by atoms with Gasteiger partial charge in [0.15, 0.2) is 0 Å². The van der Waals surface area contributed by atoms with E-state index in [0.29, 0.717) is 22.2 Å². The van der Waals surface area contributed by atoms with Crippen LogP contribution in [0.25, 0.3) is 0 Å². The summed E-state index contributed by atoms with van der Waals surface area (Å²) in [5.41, 5.74) is 6.36. The predicted molar refractivity (Wildman–Crippen MR) is 88.6 cm³/mol. The van der Waals surface area contributed by atoms with Gasteiger partial charge in [0.05, 0.1) is 0 Å². The Morgan fingerprint density at radius 1 is 1.50 bits per heavy atom. The van der Waals surface area contributed by atoms with Crippen LogP contribution in [-0.2, 0) is 0 Å². The molecule has 1 aromatic rings. The molecular formula is C14H19ClFIN2O. The zero-order valence-electron chi connectivity index (χ0n) is 11.5. The average Bonchev–Trinajstić information content (AvgIpc) is 2.35. The molecule has 2 rings (SSSR count). The van der Waals surface area contributed by atoms with E-state index in [4.69, 9.17) is 5.73 Å². The Morgan fingerprint density at radius 3 is 2.70 bits per heavy atom. The Bertz CT molecular complexity index is 510. The molecule has 2 N–H and O–H groups in total. The molecule has 1 unspecified atom stereocenters. The van der Waals surface area contributed by atoms with Gasteiger partial charge in [-0.3, -0.25) is 4.79 Å². The van der Waals surface area contributed by atoms with Crippen molar-refractivity contribution in [3.63, 3.8) is 0 Å². The molecule has 1 aliphatic heterocycles. The summed E-state index contributed by atoms with van der Waals surface area (Å²) in [5, 5.41) is 0. The molecule has 20 heavy (non-hydrogen) atoms. The summed E-state index contributed by atoms with van der Waals surface area (Å²) in [7, 11) is 0. The molecule has 1 fully saturated rings. The standard InChI is InChI=1S/C14H18FIN2O.ClH/c1-14(2)8-18(6-5-12(14)17)13(19)9-3-4-11(16)10(15)7-9;/h3-4,7,12H,5-6,8,17H2,1-2H3;1H. The van der Waals surface area contributed by atoms with Gasteiger partial charge in [0.25, 0.3) is 5.91 Å². The molecule has 1 saturated heterocycles. The summed E-state index contributed by atoms with van der Waals surface area (Å²) < 4.78 is 14.0. The first-order valence-electron chi connectivity index (χ1n) is 6.31. The van der Waals surface area contributed by atoms with E-state index in [0.717, 1.165) is 6.42 Å². The molecule has 0 spiro atoms. The Balaban J connectivity index is 0.00000200. The van der Waals surface area contributed by atoms with Crippen LogP contribution in [0, 0.1) is 14.8 Å². The number of carbonyl (C=O) groups is 1. The molecule has 0 saturated carbocycles. The number of hydrogen-bond acceptors (Lipinski definition) is 2. The molecule has 0 aliphatic carbocycles. The van der Waals surface area contributed by atoms with Crippen LogP contribution in [0.1, 0.15) is 30.6 Å². The summed E-state index contributed by atoms with van der Waals surface area (Å²) >= 11 is 1.91. The molecule has 1 heterocycles. The van der Waals surface area contributed by atoms with Crippen LogP contribution < -0.4 is 5.73 Å². The second kappa shape index (κ2) is 6.58. The zero-order valence-corrected chi connectivity index (χ0v) is 14.5. The SMILES string of the molecule is CC1(C)CN(C(=O)c2ccc(I)c(F)c2)CCC1N.Cl. The fraction of sp³-hybridized carbons (Fsp3) is 0.500. The molecule has 6 heteroatoms. The topological polar surface area (TPSA) is 46.3 Å². The van der Waals surface area contributed by atoms with Crippen molar-refractivity contribution < 1.29 is 9.18 Å². The molecule has 3 nitrogen and oxygen atoms in total. The minimum absolute atomic E-state index is 0. The number of nitrogens with zero attached hydrogens (tertiary/aromatic N) is 1. The molecule has 0 bridgehead atoms. The minimum atomic E-state index is -0.348. The van der Waals surface area contributed by atoms with Crippen molar-refractivity contribution in [1.82, 2.24) is 4.90 Å². The summed E-state index contributed by atoms with van der Waals surface area (Å²) in [5.74, 6) is -0.463. The fourth-order valence-electron chi connectivity index (χ4n) is 2.36. The van der Waals surface area contributed by atoms with Crippen LogP contribution >= 0.6 is 35.0 Å². The van der Waals surface area contributed by atoms with E-state index < -0.39 is 0 Å². The maximum Gasteiger partial charge on any atom is 0.253 e. The van der Waals surface area contributed by atoms with E-state index in [1.54, 1.807) is 17.0 Å². The van der Waals surface area contributed by atoms with Crippen molar-refractivity contribution in [3.05, 3.63) is 33.1 Å². The quantitative estimate of drug-likeness (QED) is 0.721. The highest BCUT2D eigenvalue weighted by molar-refractivity contribution is 14.1. The Hall–Kier alpha value is -0.400. The third-order valence-electron chi connectivity index (χ3n) is 3.77. The number of halogens is 3. The zero-order chi connectivity index (χ0) is 14.2. The van der Waals surface area contributed by atoms with Gasteiger partial charge in [0, 0.05) is 28.3 Å². The third kappa shape index (κ3) is 3.62. The molecular weight excluding hydrogens is 394 g/mol. The number of rotatable bonds is 1. The number of carbonyl (C=O) groups excluding carboxylic acids is 1. The number of nitrogens with two attached hydrogens (primary N) is 1. The van der Waals surface area contributed by atoms with Crippen LogP contribution in [0.3, 0.4) is 0 Å². The van der Waals surface area contributed by atoms with Crippen molar-refractivity contribution in [2.24, 2.45) is 11.1 Å². The van der Waals surface area contributed by atoms with Gasteiger partial charge in [-0.05, 0) is 52.6 Å². The maximum absolute atomic E-state index is 13.5. The highest BCUT2D eigenvalue weighted by Gasteiger charge is 2.35. The summed E-state index contributed by atoms with van der Waals surface area (Å²) in [4.78, 5) is 14.1. The smallest absolute Gasteiger partial charge is 0.253 e. The number of piperidine rings is 1. The van der Waals surface area contributed by atoms with E-state index in [9.17, 15) is 9.18 Å². The van der Waals surface area contributed by atoms with E-state index in [1.807, 2.05) is 22.6 Å². The van der Waals surface area contributed by atoms with Crippen LogP contribution in [0.4, 0.5) is 4.39 Å². The van der Waals surface area contributed by atoms with Crippen LogP contribution in [0.5, 0.6) is 0 Å². The van der Waals surface area contributed by atoms with Gasteiger partial charge in [-0.25, -0.2) is 4.39 Å². The maximum atomic E-state index is 13.5. The lowest BCUT2D eigenvalue weighted by atomic mass is 9.79.